The monoisotopic (exact) mass is 198 g/mol. The molecule has 2 aromatic heterocycles. The number of halogens is 2. The van der Waals surface area contributed by atoms with Crippen molar-refractivity contribution in [2.75, 3.05) is 5.73 Å². The first-order valence-corrected chi connectivity index (χ1v) is 3.99. The van der Waals surface area contributed by atoms with Crippen LogP contribution in [-0.4, -0.2) is 15.2 Å². The fourth-order valence-electron chi connectivity index (χ4n) is 1.38. The lowest BCUT2D eigenvalue weighted by molar-refractivity contribution is 0.146. The molecule has 0 bridgehead atoms. The lowest BCUT2D eigenvalue weighted by Gasteiger charge is -2.01. The minimum atomic E-state index is -2.59. The number of alkyl halides is 2. The number of hydrogen-bond acceptors (Lipinski definition) is 3. The summed E-state index contributed by atoms with van der Waals surface area (Å²) in [7, 11) is 0. The summed E-state index contributed by atoms with van der Waals surface area (Å²) in [5.74, 6) is 0.353. The maximum atomic E-state index is 12.4. The summed E-state index contributed by atoms with van der Waals surface area (Å²) >= 11 is 0. The van der Waals surface area contributed by atoms with E-state index in [1.165, 1.54) is 6.07 Å². The molecule has 0 fully saturated rings. The van der Waals surface area contributed by atoms with Gasteiger partial charge in [0.25, 0.3) is 6.43 Å². The first-order chi connectivity index (χ1) is 6.59. The number of rotatable bonds is 1. The topological polar surface area (TPSA) is 67.6 Å². The van der Waals surface area contributed by atoms with Gasteiger partial charge in [-0.1, -0.05) is 0 Å². The summed E-state index contributed by atoms with van der Waals surface area (Å²) in [4.78, 5) is 3.68. The molecular weight excluding hydrogens is 190 g/mol. The van der Waals surface area contributed by atoms with E-state index in [9.17, 15) is 8.78 Å². The number of anilines is 1. The molecule has 0 aromatic carbocycles. The van der Waals surface area contributed by atoms with Gasteiger partial charge in [0, 0.05) is 0 Å². The number of nitrogen functional groups attached to an aromatic ring is 1. The molecule has 3 N–H and O–H groups in total. The molecule has 74 valence electrons. The summed E-state index contributed by atoms with van der Waals surface area (Å²) in [5.41, 5.74) is 6.16. The van der Waals surface area contributed by atoms with E-state index in [0.29, 0.717) is 16.8 Å². The molecule has 0 saturated carbocycles. The van der Waals surface area contributed by atoms with Crippen molar-refractivity contribution in [3.8, 4) is 0 Å². The minimum Gasteiger partial charge on any atom is -0.384 e. The molecule has 0 aliphatic heterocycles. The van der Waals surface area contributed by atoms with Gasteiger partial charge in [-0.15, -0.1) is 0 Å². The van der Waals surface area contributed by atoms with Gasteiger partial charge in [0.1, 0.15) is 11.5 Å². The third kappa shape index (κ3) is 1.19. The number of aromatic nitrogens is 3. The number of nitrogens with one attached hydrogen (secondary N) is 1. The number of nitrogens with two attached hydrogens (primary N) is 1. The van der Waals surface area contributed by atoms with Gasteiger partial charge in [0.05, 0.1) is 5.39 Å². The highest BCUT2D eigenvalue weighted by Crippen LogP contribution is 2.25. The van der Waals surface area contributed by atoms with Gasteiger partial charge < -0.3 is 5.73 Å². The van der Waals surface area contributed by atoms with E-state index in [1.807, 2.05) is 0 Å². The third-order valence-electron chi connectivity index (χ3n) is 1.99. The molecule has 0 amide bonds. The van der Waals surface area contributed by atoms with Crippen molar-refractivity contribution < 1.29 is 8.78 Å². The van der Waals surface area contributed by atoms with Crippen molar-refractivity contribution in [3.05, 3.63) is 17.3 Å². The molecule has 0 aliphatic rings. The number of aromatic amines is 1. The maximum absolute atomic E-state index is 12.4. The quantitative estimate of drug-likeness (QED) is 0.733. The molecular formula is C8H8F2N4. The van der Waals surface area contributed by atoms with Crippen LogP contribution in [0.15, 0.2) is 6.07 Å². The number of nitrogens with zero attached hydrogens (tertiary/aromatic N) is 2. The van der Waals surface area contributed by atoms with E-state index in [1.54, 1.807) is 6.92 Å². The molecule has 0 saturated heterocycles. The van der Waals surface area contributed by atoms with E-state index in [2.05, 4.69) is 15.2 Å². The maximum Gasteiger partial charge on any atom is 0.280 e. The second-order valence-electron chi connectivity index (χ2n) is 3.00. The highest BCUT2D eigenvalue weighted by molar-refractivity contribution is 5.89. The first-order valence-electron chi connectivity index (χ1n) is 3.99. The zero-order valence-electron chi connectivity index (χ0n) is 7.38. The van der Waals surface area contributed by atoms with Gasteiger partial charge in [-0.2, -0.15) is 5.10 Å². The molecule has 0 aliphatic carbocycles. The second kappa shape index (κ2) is 2.90. The Morgan fingerprint density at radius 1 is 1.50 bits per heavy atom. The largest absolute Gasteiger partial charge is 0.384 e. The summed E-state index contributed by atoms with van der Waals surface area (Å²) in [6, 6.07) is 1.32. The molecule has 0 atom stereocenters. The number of pyridine rings is 1. The SMILES string of the molecule is Cc1cc(C(F)F)nc2n[nH]c(N)c12. The Morgan fingerprint density at radius 2 is 2.21 bits per heavy atom. The highest BCUT2D eigenvalue weighted by Gasteiger charge is 2.14. The van der Waals surface area contributed by atoms with Crippen molar-refractivity contribution >= 4 is 16.9 Å². The Balaban J connectivity index is 2.74. The molecule has 2 aromatic rings. The van der Waals surface area contributed by atoms with Gasteiger partial charge >= 0.3 is 0 Å². The lowest BCUT2D eigenvalue weighted by atomic mass is 10.2. The molecule has 0 spiro atoms. The van der Waals surface area contributed by atoms with Crippen LogP contribution in [-0.2, 0) is 0 Å². The van der Waals surface area contributed by atoms with Crippen molar-refractivity contribution in [1.29, 1.82) is 0 Å². The Morgan fingerprint density at radius 3 is 2.86 bits per heavy atom. The third-order valence-corrected chi connectivity index (χ3v) is 1.99. The van der Waals surface area contributed by atoms with Gasteiger partial charge in [0.2, 0.25) is 0 Å². The van der Waals surface area contributed by atoms with Crippen LogP contribution in [0.4, 0.5) is 14.6 Å². The van der Waals surface area contributed by atoms with Crippen molar-refractivity contribution in [3.63, 3.8) is 0 Å². The number of hydrogen-bond donors (Lipinski definition) is 2. The molecule has 0 unspecified atom stereocenters. The predicted molar refractivity (Wildman–Crippen MR) is 48.0 cm³/mol. The fraction of sp³-hybridized carbons (Fsp3) is 0.250. The highest BCUT2D eigenvalue weighted by atomic mass is 19.3. The zero-order valence-corrected chi connectivity index (χ0v) is 7.38. The van der Waals surface area contributed by atoms with Crippen LogP contribution in [0.1, 0.15) is 17.7 Å². The normalized spacial score (nSPS) is 11.4. The standard InChI is InChI=1S/C8H8F2N4/c1-3-2-4(6(9)10)12-8-5(3)7(11)13-14-8/h2,6H,1H3,(H3,11,12,13,14). The molecule has 0 radical (unpaired) electrons. The van der Waals surface area contributed by atoms with Gasteiger partial charge in [-0.05, 0) is 18.6 Å². The van der Waals surface area contributed by atoms with Crippen molar-refractivity contribution in [1.82, 2.24) is 15.2 Å². The summed E-state index contributed by atoms with van der Waals surface area (Å²) in [6.07, 6.45) is -2.59. The second-order valence-corrected chi connectivity index (χ2v) is 3.00. The van der Waals surface area contributed by atoms with Crippen LogP contribution in [0.25, 0.3) is 11.0 Å². The van der Waals surface area contributed by atoms with Gasteiger partial charge in [0.15, 0.2) is 5.65 Å². The van der Waals surface area contributed by atoms with Crippen LogP contribution in [0.2, 0.25) is 0 Å². The number of fused-ring (bicyclic) bond motifs is 1. The van der Waals surface area contributed by atoms with Crippen LogP contribution in [0, 0.1) is 6.92 Å². The zero-order chi connectivity index (χ0) is 10.3. The van der Waals surface area contributed by atoms with E-state index in [4.69, 9.17) is 5.73 Å². The predicted octanol–water partition coefficient (Wildman–Crippen LogP) is 1.79. The molecule has 4 nitrogen and oxygen atoms in total. The Kier molecular flexibility index (Phi) is 1.83. The number of aryl methyl sites for hydroxylation is 1. The van der Waals surface area contributed by atoms with Gasteiger partial charge in [-0.3, -0.25) is 5.10 Å². The Labute approximate surface area is 78.1 Å². The summed E-state index contributed by atoms with van der Waals surface area (Å²) in [5, 5.41) is 6.84. The minimum absolute atomic E-state index is 0.234. The summed E-state index contributed by atoms with van der Waals surface area (Å²) in [6.45, 7) is 1.70. The molecule has 6 heteroatoms. The molecule has 2 heterocycles. The molecule has 2 rings (SSSR count). The average Bonchev–Trinajstić information content (AvgIpc) is 2.48. The van der Waals surface area contributed by atoms with E-state index in [0.717, 1.165) is 0 Å². The van der Waals surface area contributed by atoms with Crippen LogP contribution in [0.3, 0.4) is 0 Å². The summed E-state index contributed by atoms with van der Waals surface area (Å²) < 4.78 is 24.7. The van der Waals surface area contributed by atoms with Crippen LogP contribution >= 0.6 is 0 Å². The van der Waals surface area contributed by atoms with Crippen molar-refractivity contribution in [2.24, 2.45) is 0 Å². The van der Waals surface area contributed by atoms with Crippen molar-refractivity contribution in [2.45, 2.75) is 13.3 Å². The Bertz CT molecular complexity index is 477. The average molecular weight is 198 g/mol. The fourth-order valence-corrected chi connectivity index (χ4v) is 1.38. The van der Waals surface area contributed by atoms with E-state index in [-0.39, 0.29) is 11.3 Å². The van der Waals surface area contributed by atoms with Gasteiger partial charge in [-0.25, -0.2) is 13.8 Å². The molecule has 14 heavy (non-hydrogen) atoms. The first kappa shape index (κ1) is 8.86. The lowest BCUT2D eigenvalue weighted by Crippen LogP contribution is -1.93. The van der Waals surface area contributed by atoms with Crippen LogP contribution < -0.4 is 5.73 Å². The number of H-pyrrole nitrogens is 1. The smallest absolute Gasteiger partial charge is 0.280 e. The van der Waals surface area contributed by atoms with E-state index < -0.39 is 6.43 Å². The van der Waals surface area contributed by atoms with Crippen LogP contribution in [0.5, 0.6) is 0 Å². The Hall–Kier alpha value is -1.72. The van der Waals surface area contributed by atoms with E-state index >= 15 is 0 Å².